The topological polar surface area (TPSA) is 12.9 Å². The summed E-state index contributed by atoms with van der Waals surface area (Å²) in [6.45, 7) is 4.29. The van der Waals surface area contributed by atoms with E-state index in [0.29, 0.717) is 0 Å². The van der Waals surface area contributed by atoms with Crippen LogP contribution in [0.1, 0.15) is 11.1 Å². The molecule has 0 aliphatic carbocycles. The molecule has 0 radical (unpaired) electrons. The van der Waals surface area contributed by atoms with Crippen molar-refractivity contribution in [2.45, 2.75) is 13.8 Å². The average Bonchev–Trinajstić information content (AvgIpc) is 2.49. The summed E-state index contributed by atoms with van der Waals surface area (Å²) in [4.78, 5) is 4.62. The van der Waals surface area contributed by atoms with Crippen molar-refractivity contribution in [2.75, 3.05) is 0 Å². The number of nitrogens with zero attached hydrogens (tertiary/aromatic N) is 1. The third-order valence-corrected chi connectivity index (χ3v) is 5.71. The van der Waals surface area contributed by atoms with Gasteiger partial charge < -0.3 is 0 Å². The Morgan fingerprint density at radius 3 is 1.81 bits per heavy atom. The van der Waals surface area contributed by atoms with Crippen LogP contribution in [0.5, 0.6) is 0 Å². The maximum Gasteiger partial charge on any atom is 0.0720 e. The predicted octanol–water partition coefficient (Wildman–Crippen LogP) is 3.46. The molecule has 0 unspecified atom stereocenters. The fourth-order valence-electron chi connectivity index (χ4n) is 2.43. The van der Waals surface area contributed by atoms with Crippen molar-refractivity contribution in [1.29, 1.82) is 0 Å². The first-order valence-corrected chi connectivity index (χ1v) is 8.43. The maximum absolute atomic E-state index is 4.62. The van der Waals surface area contributed by atoms with Crippen molar-refractivity contribution in [1.82, 2.24) is 4.98 Å². The van der Waals surface area contributed by atoms with Crippen molar-refractivity contribution in [3.63, 3.8) is 0 Å². The molecule has 0 spiro atoms. The molecule has 104 valence electrons. The summed E-state index contributed by atoms with van der Waals surface area (Å²) in [5, 5.41) is 2.71. The smallest absolute Gasteiger partial charge is 0.0720 e. The number of hydrogen-bond acceptors (Lipinski definition) is 1. The molecule has 1 aromatic heterocycles. The van der Waals surface area contributed by atoms with Gasteiger partial charge in [0.2, 0.25) is 0 Å². The standard InChI is InChI=1S/C19H18NP/c1-15-7-5-9-17(13-15)21(19-11-3-4-12-20-19)18-10-6-8-16(2)14-18/h3-14H,1-2H3. The van der Waals surface area contributed by atoms with Gasteiger partial charge in [0.25, 0.3) is 0 Å². The SMILES string of the molecule is Cc1cccc(P(c2cccc(C)c2)c2ccccn2)c1. The molecule has 0 N–H and O–H groups in total. The molecule has 0 amide bonds. The first-order chi connectivity index (χ1) is 10.2. The highest BCUT2D eigenvalue weighted by atomic mass is 31.1. The first-order valence-electron chi connectivity index (χ1n) is 7.08. The van der Waals surface area contributed by atoms with Crippen molar-refractivity contribution in [3.05, 3.63) is 84.1 Å². The molecule has 21 heavy (non-hydrogen) atoms. The van der Waals surface area contributed by atoms with Crippen LogP contribution in [-0.4, -0.2) is 4.98 Å². The van der Waals surface area contributed by atoms with Gasteiger partial charge in [0.1, 0.15) is 0 Å². The van der Waals surface area contributed by atoms with Crippen LogP contribution in [0.4, 0.5) is 0 Å². The van der Waals surface area contributed by atoms with Gasteiger partial charge in [-0.3, -0.25) is 4.98 Å². The van der Waals surface area contributed by atoms with Gasteiger partial charge in [-0.05, 0) is 36.6 Å². The van der Waals surface area contributed by atoms with Crippen molar-refractivity contribution < 1.29 is 0 Å². The molecular weight excluding hydrogens is 273 g/mol. The molecule has 3 aromatic rings. The molecule has 1 nitrogen and oxygen atoms in total. The van der Waals surface area contributed by atoms with Crippen LogP contribution in [0.25, 0.3) is 0 Å². The summed E-state index contributed by atoms with van der Waals surface area (Å²) < 4.78 is 0. The molecule has 2 heteroatoms. The molecular formula is C19H18NP. The molecule has 1 heterocycles. The summed E-state index contributed by atoms with van der Waals surface area (Å²) in [5.41, 5.74) is 3.75. The number of aryl methyl sites for hydroxylation is 2. The van der Waals surface area contributed by atoms with E-state index in [9.17, 15) is 0 Å². The Morgan fingerprint density at radius 1 is 0.714 bits per heavy atom. The number of rotatable bonds is 3. The lowest BCUT2D eigenvalue weighted by Crippen LogP contribution is -2.22. The van der Waals surface area contributed by atoms with E-state index in [4.69, 9.17) is 0 Å². The fraction of sp³-hybridized carbons (Fsp3) is 0.105. The number of pyridine rings is 1. The van der Waals surface area contributed by atoms with Crippen LogP contribution in [0.3, 0.4) is 0 Å². The van der Waals surface area contributed by atoms with Crippen molar-refractivity contribution in [2.24, 2.45) is 0 Å². The third kappa shape index (κ3) is 3.20. The Bertz CT molecular complexity index is 692. The molecule has 0 aliphatic heterocycles. The molecule has 0 saturated heterocycles. The van der Waals surface area contributed by atoms with E-state index in [2.05, 4.69) is 79.5 Å². The van der Waals surface area contributed by atoms with Crippen LogP contribution in [-0.2, 0) is 0 Å². The number of aromatic nitrogens is 1. The lowest BCUT2D eigenvalue weighted by Gasteiger charge is -2.19. The van der Waals surface area contributed by atoms with Crippen LogP contribution < -0.4 is 16.0 Å². The second-order valence-corrected chi connectivity index (χ2v) is 7.36. The van der Waals surface area contributed by atoms with Crippen LogP contribution in [0, 0.1) is 13.8 Å². The minimum atomic E-state index is -0.590. The highest BCUT2D eigenvalue weighted by Crippen LogP contribution is 2.32. The predicted molar refractivity (Wildman–Crippen MR) is 92.4 cm³/mol. The summed E-state index contributed by atoms with van der Waals surface area (Å²) in [7, 11) is -0.590. The average molecular weight is 291 g/mol. The lowest BCUT2D eigenvalue weighted by molar-refractivity contribution is 1.39. The Balaban J connectivity index is 2.16. The van der Waals surface area contributed by atoms with Gasteiger partial charge in [0, 0.05) is 14.1 Å². The molecule has 0 saturated carbocycles. The fourth-order valence-corrected chi connectivity index (χ4v) is 4.81. The van der Waals surface area contributed by atoms with Gasteiger partial charge in [-0.15, -0.1) is 0 Å². The van der Waals surface area contributed by atoms with Crippen molar-refractivity contribution >= 4 is 24.0 Å². The molecule has 0 atom stereocenters. The Labute approximate surface area is 127 Å². The van der Waals surface area contributed by atoms with Crippen molar-refractivity contribution in [3.8, 4) is 0 Å². The van der Waals surface area contributed by atoms with E-state index < -0.39 is 7.92 Å². The van der Waals surface area contributed by atoms with E-state index >= 15 is 0 Å². The molecule has 0 aliphatic rings. The van der Waals surface area contributed by atoms with E-state index in [-0.39, 0.29) is 0 Å². The second kappa shape index (κ2) is 6.20. The Morgan fingerprint density at radius 2 is 1.33 bits per heavy atom. The van der Waals surface area contributed by atoms with Crippen LogP contribution in [0.15, 0.2) is 72.9 Å². The van der Waals surface area contributed by atoms with E-state index in [0.717, 1.165) is 5.44 Å². The van der Waals surface area contributed by atoms with Gasteiger partial charge in [-0.2, -0.15) is 0 Å². The minimum absolute atomic E-state index is 0.590. The zero-order valence-corrected chi connectivity index (χ0v) is 13.2. The Hall–Kier alpha value is -1.98. The summed E-state index contributed by atoms with van der Waals surface area (Å²) in [5.74, 6) is 0. The maximum atomic E-state index is 4.62. The molecule has 2 aromatic carbocycles. The monoisotopic (exact) mass is 291 g/mol. The Kier molecular flexibility index (Phi) is 4.13. The zero-order valence-electron chi connectivity index (χ0n) is 12.3. The molecule has 0 bridgehead atoms. The largest absolute Gasteiger partial charge is 0.256 e. The zero-order chi connectivity index (χ0) is 14.7. The quantitative estimate of drug-likeness (QED) is 0.674. The van der Waals surface area contributed by atoms with Gasteiger partial charge in [-0.25, -0.2) is 0 Å². The third-order valence-electron chi connectivity index (χ3n) is 3.40. The second-order valence-electron chi connectivity index (χ2n) is 5.20. The van der Waals surface area contributed by atoms with Gasteiger partial charge >= 0.3 is 0 Å². The molecule has 3 rings (SSSR count). The van der Waals surface area contributed by atoms with E-state index in [1.54, 1.807) is 0 Å². The number of hydrogen-bond donors (Lipinski definition) is 0. The summed E-state index contributed by atoms with van der Waals surface area (Å²) in [6, 6.07) is 23.7. The summed E-state index contributed by atoms with van der Waals surface area (Å²) >= 11 is 0. The minimum Gasteiger partial charge on any atom is -0.256 e. The first kappa shape index (κ1) is 14.0. The normalized spacial score (nSPS) is 10.8. The highest BCUT2D eigenvalue weighted by molar-refractivity contribution is 7.79. The van der Waals surface area contributed by atoms with Crippen LogP contribution >= 0.6 is 7.92 Å². The molecule has 0 fully saturated rings. The van der Waals surface area contributed by atoms with E-state index in [1.807, 2.05) is 12.3 Å². The summed E-state index contributed by atoms with van der Waals surface area (Å²) in [6.07, 6.45) is 1.89. The number of benzene rings is 2. The van der Waals surface area contributed by atoms with Crippen LogP contribution in [0.2, 0.25) is 0 Å². The highest BCUT2D eigenvalue weighted by Gasteiger charge is 2.17. The van der Waals surface area contributed by atoms with Gasteiger partial charge in [-0.1, -0.05) is 65.7 Å². The van der Waals surface area contributed by atoms with E-state index in [1.165, 1.54) is 21.7 Å². The van der Waals surface area contributed by atoms with Gasteiger partial charge in [0.15, 0.2) is 0 Å². The van der Waals surface area contributed by atoms with Gasteiger partial charge in [0.05, 0.1) is 5.44 Å². The lowest BCUT2D eigenvalue weighted by atomic mass is 10.2.